The molecule has 0 unspecified atom stereocenters. The van der Waals surface area contributed by atoms with Gasteiger partial charge in [-0.2, -0.15) is 0 Å². The number of aromatic nitrogens is 2. The normalized spacial score (nSPS) is 11.6. The Labute approximate surface area is 186 Å². The Kier molecular flexibility index (Phi) is 6.41. The third-order valence-corrected chi connectivity index (χ3v) is 5.20. The summed E-state index contributed by atoms with van der Waals surface area (Å²) < 4.78 is 7.14. The fraction of sp³-hybridized carbons (Fsp3) is 0.115. The Morgan fingerprint density at radius 2 is 1.47 bits per heavy atom. The minimum Gasteiger partial charge on any atom is -0.459 e. The van der Waals surface area contributed by atoms with Crippen LogP contribution in [-0.4, -0.2) is 21.4 Å². The van der Waals surface area contributed by atoms with E-state index in [0.717, 1.165) is 27.8 Å². The summed E-state index contributed by atoms with van der Waals surface area (Å²) in [5, 5.41) is 0. The lowest BCUT2D eigenvalue weighted by atomic mass is 10.0. The van der Waals surface area contributed by atoms with Gasteiger partial charge in [-0.1, -0.05) is 54.6 Å². The van der Waals surface area contributed by atoms with Crippen molar-refractivity contribution in [3.63, 3.8) is 0 Å². The number of rotatable bonds is 8. The summed E-state index contributed by atoms with van der Waals surface area (Å²) in [5.41, 5.74) is 10.4. The highest BCUT2D eigenvalue weighted by molar-refractivity contribution is 5.83. The minimum atomic E-state index is -0.818. The summed E-state index contributed by atoms with van der Waals surface area (Å²) in [6, 6.07) is 22.5. The van der Waals surface area contributed by atoms with Crippen LogP contribution in [0.3, 0.4) is 0 Å². The Bertz CT molecular complexity index is 1190. The van der Waals surface area contributed by atoms with E-state index in [1.54, 1.807) is 23.2 Å². The predicted octanol–water partition coefficient (Wildman–Crippen LogP) is 4.38. The number of carbonyl (C=O) groups is 2. The molecule has 0 radical (unpaired) electrons. The second-order valence-corrected chi connectivity index (χ2v) is 7.44. The van der Waals surface area contributed by atoms with Crippen LogP contribution < -0.4 is 5.73 Å². The van der Waals surface area contributed by atoms with Crippen LogP contribution in [0.15, 0.2) is 97.6 Å². The maximum atomic E-state index is 12.7. The van der Waals surface area contributed by atoms with Gasteiger partial charge in [-0.15, -0.1) is 0 Å². The maximum Gasteiger partial charge on any atom is 0.329 e. The van der Waals surface area contributed by atoms with Gasteiger partial charge >= 0.3 is 5.97 Å². The summed E-state index contributed by atoms with van der Waals surface area (Å²) in [5.74, 6) is -1.06. The van der Waals surface area contributed by atoms with Gasteiger partial charge in [0, 0.05) is 24.8 Å². The second kappa shape index (κ2) is 9.75. The smallest absolute Gasteiger partial charge is 0.329 e. The molecule has 4 aromatic rings. The van der Waals surface area contributed by atoms with Gasteiger partial charge in [0.1, 0.15) is 12.6 Å². The molecule has 0 aliphatic heterocycles. The zero-order valence-electron chi connectivity index (χ0n) is 17.4. The number of nitrogens with two attached hydrogens (primary N) is 1. The second-order valence-electron chi connectivity index (χ2n) is 7.44. The molecule has 0 bridgehead atoms. The number of pyridine rings is 1. The molecule has 0 aliphatic carbocycles. The van der Waals surface area contributed by atoms with E-state index in [-0.39, 0.29) is 13.0 Å². The quantitative estimate of drug-likeness (QED) is 0.425. The number of hydrogen-bond acceptors (Lipinski definition) is 4. The van der Waals surface area contributed by atoms with E-state index in [0.29, 0.717) is 0 Å². The van der Waals surface area contributed by atoms with Crippen LogP contribution in [0, 0.1) is 0 Å². The SMILES string of the molecule is NC(=O)C[C@H](C(=O)OCc1ccccc1)n1ccc(-c2ccc(-c3ccncc3)cc2)c1. The van der Waals surface area contributed by atoms with Crippen molar-refractivity contribution in [1.82, 2.24) is 9.55 Å². The van der Waals surface area contributed by atoms with Gasteiger partial charge in [0.25, 0.3) is 0 Å². The van der Waals surface area contributed by atoms with E-state index < -0.39 is 17.9 Å². The number of primary amides is 1. The highest BCUT2D eigenvalue weighted by atomic mass is 16.5. The fourth-order valence-electron chi connectivity index (χ4n) is 3.50. The van der Waals surface area contributed by atoms with Gasteiger partial charge in [-0.05, 0) is 46.0 Å². The lowest BCUT2D eigenvalue weighted by molar-refractivity contribution is -0.150. The molecule has 160 valence electrons. The molecule has 0 aliphatic rings. The summed E-state index contributed by atoms with van der Waals surface area (Å²) in [6.45, 7) is 0.138. The third kappa shape index (κ3) is 5.10. The molecular weight excluding hydrogens is 402 g/mol. The van der Waals surface area contributed by atoms with Crippen LogP contribution in [0.4, 0.5) is 0 Å². The van der Waals surface area contributed by atoms with Gasteiger partial charge in [0.15, 0.2) is 0 Å². The molecule has 2 N–H and O–H groups in total. The van der Waals surface area contributed by atoms with Crippen molar-refractivity contribution in [2.24, 2.45) is 5.73 Å². The molecule has 2 aromatic heterocycles. The Morgan fingerprint density at radius 1 is 0.844 bits per heavy atom. The predicted molar refractivity (Wildman–Crippen MR) is 122 cm³/mol. The Morgan fingerprint density at radius 3 is 2.12 bits per heavy atom. The monoisotopic (exact) mass is 425 g/mol. The molecule has 2 aromatic carbocycles. The van der Waals surface area contributed by atoms with Gasteiger partial charge in [-0.3, -0.25) is 9.78 Å². The number of ether oxygens (including phenoxy) is 1. The highest BCUT2D eigenvalue weighted by Gasteiger charge is 2.24. The van der Waals surface area contributed by atoms with Crippen LogP contribution in [0.1, 0.15) is 18.0 Å². The summed E-state index contributed by atoms with van der Waals surface area (Å²) in [6.07, 6.45) is 6.99. The van der Waals surface area contributed by atoms with Crippen molar-refractivity contribution in [3.05, 3.63) is 103 Å². The van der Waals surface area contributed by atoms with Crippen LogP contribution in [0.2, 0.25) is 0 Å². The molecule has 0 spiro atoms. The largest absolute Gasteiger partial charge is 0.459 e. The number of carbonyl (C=O) groups excluding carboxylic acids is 2. The van der Waals surface area contributed by atoms with E-state index in [1.807, 2.05) is 79.0 Å². The lowest BCUT2D eigenvalue weighted by Gasteiger charge is -2.16. The van der Waals surface area contributed by atoms with E-state index >= 15 is 0 Å². The van der Waals surface area contributed by atoms with E-state index in [4.69, 9.17) is 10.5 Å². The lowest BCUT2D eigenvalue weighted by Crippen LogP contribution is -2.26. The van der Waals surface area contributed by atoms with E-state index in [2.05, 4.69) is 4.98 Å². The molecule has 6 nitrogen and oxygen atoms in total. The van der Waals surface area contributed by atoms with Crippen molar-refractivity contribution in [3.8, 4) is 22.3 Å². The molecule has 2 heterocycles. The molecule has 1 amide bonds. The van der Waals surface area contributed by atoms with Crippen LogP contribution in [0.25, 0.3) is 22.3 Å². The number of esters is 1. The van der Waals surface area contributed by atoms with Crippen molar-refractivity contribution in [2.75, 3.05) is 0 Å². The fourth-order valence-corrected chi connectivity index (χ4v) is 3.50. The van der Waals surface area contributed by atoms with Gasteiger partial charge < -0.3 is 15.0 Å². The molecule has 0 saturated heterocycles. The number of benzene rings is 2. The Hall–Kier alpha value is -4.19. The van der Waals surface area contributed by atoms with Crippen molar-refractivity contribution >= 4 is 11.9 Å². The number of nitrogens with zero attached hydrogens (tertiary/aromatic N) is 2. The summed E-state index contributed by atoms with van der Waals surface area (Å²) in [7, 11) is 0. The average Bonchev–Trinajstić information content (AvgIpc) is 3.32. The van der Waals surface area contributed by atoms with Crippen molar-refractivity contribution in [2.45, 2.75) is 19.1 Å². The van der Waals surface area contributed by atoms with Crippen LogP contribution >= 0.6 is 0 Å². The maximum absolute atomic E-state index is 12.7. The highest BCUT2D eigenvalue weighted by Crippen LogP contribution is 2.27. The molecule has 6 heteroatoms. The average molecular weight is 425 g/mol. The van der Waals surface area contributed by atoms with E-state index in [9.17, 15) is 9.59 Å². The molecule has 0 fully saturated rings. The molecule has 32 heavy (non-hydrogen) atoms. The first-order valence-electron chi connectivity index (χ1n) is 10.3. The van der Waals surface area contributed by atoms with Gasteiger partial charge in [0.2, 0.25) is 5.91 Å². The number of amides is 1. The molecule has 1 atom stereocenters. The van der Waals surface area contributed by atoms with Gasteiger partial charge in [-0.25, -0.2) is 4.79 Å². The zero-order chi connectivity index (χ0) is 22.3. The van der Waals surface area contributed by atoms with Gasteiger partial charge in [0.05, 0.1) is 6.42 Å². The first kappa shape index (κ1) is 21.1. The molecule has 4 rings (SSSR count). The Balaban J connectivity index is 1.50. The topological polar surface area (TPSA) is 87.2 Å². The summed E-state index contributed by atoms with van der Waals surface area (Å²) in [4.78, 5) is 28.4. The van der Waals surface area contributed by atoms with Crippen LogP contribution in [-0.2, 0) is 20.9 Å². The van der Waals surface area contributed by atoms with E-state index in [1.165, 1.54) is 0 Å². The summed E-state index contributed by atoms with van der Waals surface area (Å²) >= 11 is 0. The van der Waals surface area contributed by atoms with Crippen molar-refractivity contribution in [1.29, 1.82) is 0 Å². The molecule has 0 saturated carbocycles. The third-order valence-electron chi connectivity index (χ3n) is 5.20. The van der Waals surface area contributed by atoms with Crippen molar-refractivity contribution < 1.29 is 14.3 Å². The minimum absolute atomic E-state index is 0.136. The molecular formula is C26H23N3O3. The first-order valence-corrected chi connectivity index (χ1v) is 10.3. The zero-order valence-corrected chi connectivity index (χ0v) is 17.4. The van der Waals surface area contributed by atoms with Crippen LogP contribution in [0.5, 0.6) is 0 Å². The standard InChI is InChI=1S/C26H23N3O3/c27-25(30)16-24(26(31)32-18-19-4-2-1-3-5-19)29-15-12-23(17-29)21-8-6-20(7-9-21)22-10-13-28-14-11-22/h1-15,17,24H,16,18H2,(H2,27,30)/t24-/m1/s1. The number of hydrogen-bond donors (Lipinski definition) is 1. The first-order chi connectivity index (χ1) is 15.6.